The topological polar surface area (TPSA) is 34.9 Å². The molecule has 0 spiro atoms. The van der Waals surface area contributed by atoms with Crippen molar-refractivity contribution in [3.05, 3.63) is 68.1 Å². The summed E-state index contributed by atoms with van der Waals surface area (Å²) in [6.45, 7) is 4.14. The standard InChI is InChI=1S/C20H18ClFN2OS2/c1-2-10-24-19(25)17-12-6-3-4-9-16(12)27-18(17)23-20(24)26-11-13-14(21)7-5-8-15(13)22/h2,5,7-8H,1,3-4,6,9-11H2. The number of benzene rings is 1. The fraction of sp³-hybridized carbons (Fsp3) is 0.300. The van der Waals surface area contributed by atoms with Gasteiger partial charge >= 0.3 is 0 Å². The molecule has 1 aliphatic rings. The molecule has 0 radical (unpaired) electrons. The van der Waals surface area contributed by atoms with Gasteiger partial charge in [0.1, 0.15) is 10.6 Å². The van der Waals surface area contributed by atoms with Gasteiger partial charge in [0, 0.05) is 27.8 Å². The maximum absolute atomic E-state index is 14.1. The number of thiophene rings is 1. The quantitative estimate of drug-likeness (QED) is 0.306. The number of aryl methyl sites for hydroxylation is 2. The van der Waals surface area contributed by atoms with Crippen molar-refractivity contribution in [2.75, 3.05) is 0 Å². The summed E-state index contributed by atoms with van der Waals surface area (Å²) >= 11 is 9.08. The molecule has 7 heteroatoms. The van der Waals surface area contributed by atoms with Crippen LogP contribution in [0.2, 0.25) is 5.02 Å². The van der Waals surface area contributed by atoms with Gasteiger partial charge in [-0.1, -0.05) is 35.5 Å². The number of nitrogens with zero attached hydrogens (tertiary/aromatic N) is 2. The van der Waals surface area contributed by atoms with E-state index in [2.05, 4.69) is 6.58 Å². The van der Waals surface area contributed by atoms with Crippen LogP contribution >= 0.6 is 34.7 Å². The minimum absolute atomic E-state index is 0.0265. The summed E-state index contributed by atoms with van der Waals surface area (Å²) in [5.74, 6) is -0.0358. The molecular formula is C20H18ClFN2OS2. The summed E-state index contributed by atoms with van der Waals surface area (Å²) in [5.41, 5.74) is 1.57. The highest BCUT2D eigenvalue weighted by atomic mass is 35.5. The van der Waals surface area contributed by atoms with Crippen LogP contribution in [-0.2, 0) is 25.1 Å². The van der Waals surface area contributed by atoms with E-state index >= 15 is 0 Å². The molecule has 0 atom stereocenters. The molecule has 0 aliphatic heterocycles. The molecule has 0 amide bonds. The Morgan fingerprint density at radius 1 is 1.37 bits per heavy atom. The zero-order valence-corrected chi connectivity index (χ0v) is 17.0. The normalized spacial score (nSPS) is 13.7. The molecule has 0 unspecified atom stereocenters. The van der Waals surface area contributed by atoms with Crippen LogP contribution in [0.25, 0.3) is 10.2 Å². The summed E-state index contributed by atoms with van der Waals surface area (Å²) in [7, 11) is 0. The Kier molecular flexibility index (Phi) is 5.39. The van der Waals surface area contributed by atoms with E-state index in [9.17, 15) is 9.18 Å². The van der Waals surface area contributed by atoms with Crippen molar-refractivity contribution in [2.45, 2.75) is 43.1 Å². The zero-order valence-electron chi connectivity index (χ0n) is 14.6. The van der Waals surface area contributed by atoms with Crippen LogP contribution in [0.5, 0.6) is 0 Å². The first-order valence-electron chi connectivity index (χ1n) is 8.81. The second kappa shape index (κ2) is 7.78. The van der Waals surface area contributed by atoms with E-state index in [4.69, 9.17) is 16.6 Å². The van der Waals surface area contributed by atoms with Crippen molar-refractivity contribution in [1.82, 2.24) is 9.55 Å². The molecule has 2 heterocycles. The monoisotopic (exact) mass is 420 g/mol. The van der Waals surface area contributed by atoms with Gasteiger partial charge in [-0.3, -0.25) is 9.36 Å². The van der Waals surface area contributed by atoms with Gasteiger partial charge in [-0.2, -0.15) is 0 Å². The fourth-order valence-corrected chi connectivity index (χ4v) is 6.08. The molecular weight excluding hydrogens is 403 g/mol. The minimum atomic E-state index is -0.347. The summed E-state index contributed by atoms with van der Waals surface area (Å²) in [6, 6.07) is 4.64. The minimum Gasteiger partial charge on any atom is -0.283 e. The first-order chi connectivity index (χ1) is 13.1. The molecule has 140 valence electrons. The average Bonchev–Trinajstić information content (AvgIpc) is 3.02. The smallest absolute Gasteiger partial charge is 0.263 e. The highest BCUT2D eigenvalue weighted by molar-refractivity contribution is 7.98. The Morgan fingerprint density at radius 2 is 2.19 bits per heavy atom. The van der Waals surface area contributed by atoms with E-state index < -0.39 is 0 Å². The molecule has 0 fully saturated rings. The Balaban J connectivity index is 1.78. The Bertz CT molecular complexity index is 1070. The van der Waals surface area contributed by atoms with Gasteiger partial charge in [0.05, 0.1) is 5.39 Å². The van der Waals surface area contributed by atoms with Crippen molar-refractivity contribution >= 4 is 44.9 Å². The van der Waals surface area contributed by atoms with Crippen molar-refractivity contribution < 1.29 is 4.39 Å². The van der Waals surface area contributed by atoms with Crippen LogP contribution in [0.1, 0.15) is 28.8 Å². The van der Waals surface area contributed by atoms with E-state index in [0.717, 1.165) is 35.9 Å². The summed E-state index contributed by atoms with van der Waals surface area (Å²) < 4.78 is 15.7. The van der Waals surface area contributed by atoms with E-state index in [-0.39, 0.29) is 11.4 Å². The van der Waals surface area contributed by atoms with Crippen molar-refractivity contribution in [1.29, 1.82) is 0 Å². The van der Waals surface area contributed by atoms with Gasteiger partial charge in [-0.25, -0.2) is 9.37 Å². The summed E-state index contributed by atoms with van der Waals surface area (Å²) in [6.07, 6.45) is 5.92. The maximum Gasteiger partial charge on any atom is 0.263 e. The van der Waals surface area contributed by atoms with E-state index in [1.54, 1.807) is 34.1 Å². The zero-order chi connectivity index (χ0) is 19.0. The first-order valence-corrected chi connectivity index (χ1v) is 11.0. The SMILES string of the molecule is C=CCn1c(SCc2c(F)cccc2Cl)nc2sc3c(c2c1=O)CCCC3. The van der Waals surface area contributed by atoms with Crippen LogP contribution in [0.15, 0.2) is 40.8 Å². The van der Waals surface area contributed by atoms with E-state index in [1.807, 2.05) is 0 Å². The third-order valence-electron chi connectivity index (χ3n) is 4.76. The molecule has 0 saturated heterocycles. The molecule has 0 bridgehead atoms. The highest BCUT2D eigenvalue weighted by Crippen LogP contribution is 2.35. The number of thioether (sulfide) groups is 1. The molecule has 3 nitrogen and oxygen atoms in total. The number of hydrogen-bond donors (Lipinski definition) is 0. The largest absolute Gasteiger partial charge is 0.283 e. The highest BCUT2D eigenvalue weighted by Gasteiger charge is 2.22. The predicted octanol–water partition coefficient (Wildman–Crippen LogP) is 5.61. The Morgan fingerprint density at radius 3 is 2.96 bits per heavy atom. The number of aromatic nitrogens is 2. The third-order valence-corrected chi connectivity index (χ3v) is 7.30. The lowest BCUT2D eigenvalue weighted by Crippen LogP contribution is -2.23. The summed E-state index contributed by atoms with van der Waals surface area (Å²) in [4.78, 5) is 20.0. The van der Waals surface area contributed by atoms with E-state index in [0.29, 0.717) is 28.0 Å². The third kappa shape index (κ3) is 3.46. The maximum atomic E-state index is 14.1. The van der Waals surface area contributed by atoms with Gasteiger partial charge in [0.15, 0.2) is 5.16 Å². The Hall–Kier alpha value is -1.63. The molecule has 27 heavy (non-hydrogen) atoms. The number of rotatable bonds is 5. The first kappa shape index (κ1) is 18.7. The van der Waals surface area contributed by atoms with Crippen molar-refractivity contribution in [3.63, 3.8) is 0 Å². The molecule has 1 aromatic carbocycles. The number of halogens is 2. The van der Waals surface area contributed by atoms with Gasteiger partial charge in [0.2, 0.25) is 0 Å². The number of allylic oxidation sites excluding steroid dienone is 1. The molecule has 4 rings (SSSR count). The fourth-order valence-electron chi connectivity index (χ4n) is 3.43. The molecule has 2 aromatic heterocycles. The van der Waals surface area contributed by atoms with Crippen LogP contribution in [-0.4, -0.2) is 9.55 Å². The van der Waals surface area contributed by atoms with Gasteiger partial charge in [0.25, 0.3) is 5.56 Å². The number of fused-ring (bicyclic) bond motifs is 3. The van der Waals surface area contributed by atoms with Crippen LogP contribution in [0, 0.1) is 5.82 Å². The van der Waals surface area contributed by atoms with Crippen molar-refractivity contribution in [3.8, 4) is 0 Å². The summed E-state index contributed by atoms with van der Waals surface area (Å²) in [5, 5.41) is 1.71. The van der Waals surface area contributed by atoms with Crippen LogP contribution in [0.4, 0.5) is 4.39 Å². The lowest BCUT2D eigenvalue weighted by Gasteiger charge is -2.12. The molecule has 0 saturated carbocycles. The van der Waals surface area contributed by atoms with E-state index in [1.165, 1.54) is 28.3 Å². The molecule has 0 N–H and O–H groups in total. The van der Waals surface area contributed by atoms with Crippen LogP contribution in [0.3, 0.4) is 0 Å². The predicted molar refractivity (Wildman–Crippen MR) is 112 cm³/mol. The molecule has 3 aromatic rings. The number of hydrogen-bond acceptors (Lipinski definition) is 4. The molecule has 1 aliphatic carbocycles. The van der Waals surface area contributed by atoms with Gasteiger partial charge in [-0.15, -0.1) is 17.9 Å². The average molecular weight is 421 g/mol. The second-order valence-electron chi connectivity index (χ2n) is 6.48. The van der Waals surface area contributed by atoms with Crippen LogP contribution < -0.4 is 5.56 Å². The Labute approximate surface area is 169 Å². The van der Waals surface area contributed by atoms with Gasteiger partial charge < -0.3 is 0 Å². The van der Waals surface area contributed by atoms with Crippen molar-refractivity contribution in [2.24, 2.45) is 0 Å². The second-order valence-corrected chi connectivity index (χ2v) is 8.91. The lowest BCUT2D eigenvalue weighted by molar-refractivity contribution is 0.617. The van der Waals surface area contributed by atoms with Gasteiger partial charge in [-0.05, 0) is 43.4 Å². The lowest BCUT2D eigenvalue weighted by atomic mass is 9.97.